The standard InChI is InChI=1S/C25H21FN4O2/c1-32-22-10-2-5-17(13-22)16-28-25(31)19-7-4-9-21(15-19)29-23-11-12-27-24(30-23)18-6-3-8-20(26)14-18/h2-15H,16H2,1H3,(H,28,31)(H,27,29,30). The maximum atomic E-state index is 13.5. The Bertz CT molecular complexity index is 1250. The minimum atomic E-state index is -0.350. The average molecular weight is 428 g/mol. The monoisotopic (exact) mass is 428 g/mol. The number of ether oxygens (including phenoxy) is 1. The smallest absolute Gasteiger partial charge is 0.251 e. The summed E-state index contributed by atoms with van der Waals surface area (Å²) in [5.74, 6) is 1.14. The van der Waals surface area contributed by atoms with Gasteiger partial charge in [0.25, 0.3) is 5.91 Å². The van der Waals surface area contributed by atoms with Crippen molar-refractivity contribution in [3.63, 3.8) is 0 Å². The van der Waals surface area contributed by atoms with E-state index in [1.807, 2.05) is 30.3 Å². The molecule has 160 valence electrons. The van der Waals surface area contributed by atoms with Gasteiger partial charge in [0.05, 0.1) is 7.11 Å². The van der Waals surface area contributed by atoms with Crippen LogP contribution in [0, 0.1) is 5.82 Å². The van der Waals surface area contributed by atoms with Gasteiger partial charge in [-0.3, -0.25) is 4.79 Å². The number of anilines is 2. The first-order chi connectivity index (χ1) is 15.6. The first-order valence-electron chi connectivity index (χ1n) is 9.98. The Hall–Kier alpha value is -4.26. The lowest BCUT2D eigenvalue weighted by molar-refractivity contribution is 0.0951. The zero-order chi connectivity index (χ0) is 22.3. The predicted molar refractivity (Wildman–Crippen MR) is 121 cm³/mol. The van der Waals surface area contributed by atoms with Crippen LogP contribution in [0.3, 0.4) is 0 Å². The fourth-order valence-corrected chi connectivity index (χ4v) is 3.15. The summed E-state index contributed by atoms with van der Waals surface area (Å²) in [6, 6.07) is 22.5. The fraction of sp³-hybridized carbons (Fsp3) is 0.0800. The highest BCUT2D eigenvalue weighted by molar-refractivity contribution is 5.95. The van der Waals surface area contributed by atoms with E-state index < -0.39 is 0 Å². The minimum Gasteiger partial charge on any atom is -0.497 e. The van der Waals surface area contributed by atoms with Crippen LogP contribution in [0.2, 0.25) is 0 Å². The maximum absolute atomic E-state index is 13.5. The van der Waals surface area contributed by atoms with E-state index in [2.05, 4.69) is 20.6 Å². The fourth-order valence-electron chi connectivity index (χ4n) is 3.15. The third kappa shape index (κ3) is 5.26. The molecule has 0 aliphatic rings. The van der Waals surface area contributed by atoms with E-state index in [9.17, 15) is 9.18 Å². The molecule has 0 unspecified atom stereocenters. The molecule has 0 atom stereocenters. The van der Waals surface area contributed by atoms with Crippen molar-refractivity contribution in [2.24, 2.45) is 0 Å². The number of methoxy groups -OCH3 is 1. The van der Waals surface area contributed by atoms with Crippen LogP contribution in [0.25, 0.3) is 11.4 Å². The third-order valence-corrected chi connectivity index (χ3v) is 4.72. The minimum absolute atomic E-state index is 0.195. The Morgan fingerprint density at radius 3 is 2.69 bits per heavy atom. The van der Waals surface area contributed by atoms with Gasteiger partial charge in [0.1, 0.15) is 17.4 Å². The maximum Gasteiger partial charge on any atom is 0.251 e. The second-order valence-electron chi connectivity index (χ2n) is 7.02. The quantitative estimate of drug-likeness (QED) is 0.435. The van der Waals surface area contributed by atoms with Gasteiger partial charge in [0, 0.05) is 29.6 Å². The van der Waals surface area contributed by atoms with E-state index in [0.717, 1.165) is 11.3 Å². The van der Waals surface area contributed by atoms with Crippen molar-refractivity contribution in [2.45, 2.75) is 6.54 Å². The molecular formula is C25H21FN4O2. The van der Waals surface area contributed by atoms with E-state index in [1.165, 1.54) is 12.1 Å². The first-order valence-corrected chi connectivity index (χ1v) is 9.98. The summed E-state index contributed by atoms with van der Waals surface area (Å²) in [4.78, 5) is 21.3. The topological polar surface area (TPSA) is 76.1 Å². The summed E-state index contributed by atoms with van der Waals surface area (Å²) in [5, 5.41) is 6.08. The van der Waals surface area contributed by atoms with Crippen LogP contribution >= 0.6 is 0 Å². The lowest BCUT2D eigenvalue weighted by atomic mass is 10.1. The normalized spacial score (nSPS) is 10.4. The molecule has 2 N–H and O–H groups in total. The molecule has 1 heterocycles. The number of nitrogens with one attached hydrogen (secondary N) is 2. The number of carbonyl (C=O) groups excluding carboxylic acids is 1. The lowest BCUT2D eigenvalue weighted by Gasteiger charge is -2.10. The highest BCUT2D eigenvalue weighted by Gasteiger charge is 2.08. The molecule has 0 radical (unpaired) electrons. The van der Waals surface area contributed by atoms with Gasteiger partial charge < -0.3 is 15.4 Å². The van der Waals surface area contributed by atoms with Crippen LogP contribution < -0.4 is 15.4 Å². The van der Waals surface area contributed by atoms with Crippen LogP contribution in [-0.4, -0.2) is 23.0 Å². The molecule has 0 bridgehead atoms. The van der Waals surface area contributed by atoms with E-state index in [0.29, 0.717) is 35.0 Å². The molecule has 1 aromatic heterocycles. The Kier molecular flexibility index (Phi) is 6.36. The first kappa shape index (κ1) is 21.0. The molecule has 7 heteroatoms. The van der Waals surface area contributed by atoms with E-state index in [1.54, 1.807) is 49.7 Å². The molecule has 0 fully saturated rings. The highest BCUT2D eigenvalue weighted by Crippen LogP contribution is 2.20. The van der Waals surface area contributed by atoms with E-state index in [-0.39, 0.29) is 11.7 Å². The summed E-state index contributed by atoms with van der Waals surface area (Å²) in [5.41, 5.74) is 2.73. The third-order valence-electron chi connectivity index (χ3n) is 4.72. The molecule has 4 aromatic rings. The van der Waals surface area contributed by atoms with Crippen molar-refractivity contribution in [3.8, 4) is 17.1 Å². The van der Waals surface area contributed by atoms with Crippen LogP contribution in [0.5, 0.6) is 5.75 Å². The Morgan fingerprint density at radius 2 is 1.84 bits per heavy atom. The predicted octanol–water partition coefficient (Wildman–Crippen LogP) is 4.96. The van der Waals surface area contributed by atoms with Crippen molar-refractivity contribution < 1.29 is 13.9 Å². The van der Waals surface area contributed by atoms with E-state index >= 15 is 0 Å². The zero-order valence-electron chi connectivity index (χ0n) is 17.4. The highest BCUT2D eigenvalue weighted by atomic mass is 19.1. The number of carbonyl (C=O) groups is 1. The number of halogens is 1. The summed E-state index contributed by atoms with van der Waals surface area (Å²) in [6.45, 7) is 0.386. The zero-order valence-corrected chi connectivity index (χ0v) is 17.4. The summed E-state index contributed by atoms with van der Waals surface area (Å²) in [7, 11) is 1.61. The number of rotatable bonds is 7. The van der Waals surface area contributed by atoms with Crippen LogP contribution in [-0.2, 0) is 6.54 Å². The van der Waals surface area contributed by atoms with Gasteiger partial charge in [0.2, 0.25) is 0 Å². The second kappa shape index (κ2) is 9.70. The molecule has 1 amide bonds. The molecule has 0 aliphatic carbocycles. The molecule has 6 nitrogen and oxygen atoms in total. The summed E-state index contributed by atoms with van der Waals surface area (Å²) >= 11 is 0. The Morgan fingerprint density at radius 1 is 1.00 bits per heavy atom. The van der Waals surface area contributed by atoms with Gasteiger partial charge in [-0.15, -0.1) is 0 Å². The number of nitrogens with zero attached hydrogens (tertiary/aromatic N) is 2. The molecule has 0 aliphatic heterocycles. The second-order valence-corrected chi connectivity index (χ2v) is 7.02. The van der Waals surface area contributed by atoms with Crippen LogP contribution in [0.1, 0.15) is 15.9 Å². The van der Waals surface area contributed by atoms with Crippen LogP contribution in [0.4, 0.5) is 15.9 Å². The van der Waals surface area contributed by atoms with Gasteiger partial charge in [-0.1, -0.05) is 30.3 Å². The number of aromatic nitrogens is 2. The molecule has 0 spiro atoms. The Balaban J connectivity index is 1.45. The SMILES string of the molecule is COc1cccc(CNC(=O)c2cccc(Nc3ccnc(-c4cccc(F)c4)n3)c2)c1. The number of hydrogen-bond acceptors (Lipinski definition) is 5. The molecule has 0 saturated carbocycles. The lowest BCUT2D eigenvalue weighted by Crippen LogP contribution is -2.22. The Labute approximate surface area is 185 Å². The van der Waals surface area contributed by atoms with Crippen molar-refractivity contribution in [1.29, 1.82) is 0 Å². The number of amides is 1. The van der Waals surface area contributed by atoms with Crippen molar-refractivity contribution in [2.75, 3.05) is 12.4 Å². The van der Waals surface area contributed by atoms with Gasteiger partial charge in [-0.25, -0.2) is 14.4 Å². The molecule has 32 heavy (non-hydrogen) atoms. The molecular weight excluding hydrogens is 407 g/mol. The largest absolute Gasteiger partial charge is 0.497 e. The van der Waals surface area contributed by atoms with Crippen molar-refractivity contribution >= 4 is 17.4 Å². The average Bonchev–Trinajstić information content (AvgIpc) is 2.83. The number of hydrogen-bond donors (Lipinski definition) is 2. The summed E-state index contributed by atoms with van der Waals surface area (Å²) < 4.78 is 18.7. The van der Waals surface area contributed by atoms with Gasteiger partial charge in [0.15, 0.2) is 5.82 Å². The van der Waals surface area contributed by atoms with Gasteiger partial charge in [-0.05, 0) is 54.1 Å². The molecule has 3 aromatic carbocycles. The van der Waals surface area contributed by atoms with Crippen LogP contribution in [0.15, 0.2) is 85.1 Å². The van der Waals surface area contributed by atoms with Gasteiger partial charge >= 0.3 is 0 Å². The van der Waals surface area contributed by atoms with E-state index in [4.69, 9.17) is 4.74 Å². The molecule has 0 saturated heterocycles. The van der Waals surface area contributed by atoms with Crippen molar-refractivity contribution in [3.05, 3.63) is 102 Å². The summed E-state index contributed by atoms with van der Waals surface area (Å²) in [6.07, 6.45) is 1.60. The van der Waals surface area contributed by atoms with Gasteiger partial charge in [-0.2, -0.15) is 0 Å². The number of benzene rings is 3. The van der Waals surface area contributed by atoms with Crippen molar-refractivity contribution in [1.82, 2.24) is 15.3 Å². The molecule has 4 rings (SSSR count).